The van der Waals surface area contributed by atoms with E-state index < -0.39 is 0 Å². The van der Waals surface area contributed by atoms with Gasteiger partial charge in [0.1, 0.15) is 23.8 Å². The molecule has 0 saturated carbocycles. The number of aromatic nitrogens is 6. The van der Waals surface area contributed by atoms with E-state index in [1.54, 1.807) is 12.1 Å². The topological polar surface area (TPSA) is 120 Å². The van der Waals surface area contributed by atoms with Gasteiger partial charge in [-0.05, 0) is 12.1 Å². The van der Waals surface area contributed by atoms with E-state index >= 15 is 0 Å². The van der Waals surface area contributed by atoms with E-state index in [0.29, 0.717) is 23.0 Å². The summed E-state index contributed by atoms with van der Waals surface area (Å²) in [6.45, 7) is 0. The predicted octanol–water partition coefficient (Wildman–Crippen LogP) is 0.721. The minimum absolute atomic E-state index is 0.290. The lowest BCUT2D eigenvalue weighted by atomic mass is 10.4. The Morgan fingerprint density at radius 2 is 2.29 bits per heavy atom. The molecule has 0 amide bonds. The molecule has 0 aliphatic rings. The van der Waals surface area contributed by atoms with Crippen molar-refractivity contribution >= 4 is 0 Å². The molecule has 3 aromatic rings. The Morgan fingerprint density at radius 3 is 3.00 bits per heavy atom. The molecule has 2 N–H and O–H groups in total. The highest BCUT2D eigenvalue weighted by Gasteiger charge is 2.13. The fourth-order valence-corrected chi connectivity index (χ4v) is 1.33. The summed E-state index contributed by atoms with van der Waals surface area (Å²) in [5.41, 5.74) is 1.01. The highest BCUT2D eigenvalue weighted by atomic mass is 16.5. The van der Waals surface area contributed by atoms with E-state index in [1.807, 2.05) is 6.07 Å². The average molecular weight is 227 g/mol. The first kappa shape index (κ1) is 9.29. The molecule has 3 heterocycles. The third-order valence-electron chi connectivity index (χ3n) is 2.09. The van der Waals surface area contributed by atoms with Crippen LogP contribution in [0.4, 0.5) is 0 Å². The number of nitrogens with zero attached hydrogens (tertiary/aromatic N) is 5. The van der Waals surface area contributed by atoms with E-state index in [2.05, 4.69) is 30.3 Å². The number of hydrogen-bond acceptors (Lipinski definition) is 6. The van der Waals surface area contributed by atoms with Crippen LogP contribution < -0.4 is 0 Å². The SMILES string of the molecule is N#Cc1ccc(-c2nc(-c3ncn[nH]3)no2)[nH]1. The highest BCUT2D eigenvalue weighted by molar-refractivity contribution is 5.53. The van der Waals surface area contributed by atoms with E-state index in [9.17, 15) is 0 Å². The van der Waals surface area contributed by atoms with E-state index in [4.69, 9.17) is 9.78 Å². The molecule has 3 rings (SSSR count). The van der Waals surface area contributed by atoms with Gasteiger partial charge in [-0.3, -0.25) is 5.10 Å². The first-order valence-corrected chi connectivity index (χ1v) is 4.66. The molecular formula is C9H5N7O. The molecule has 3 aromatic heterocycles. The smallest absolute Gasteiger partial charge is 0.274 e. The zero-order valence-electron chi connectivity index (χ0n) is 8.38. The van der Waals surface area contributed by atoms with Crippen LogP contribution >= 0.6 is 0 Å². The maximum absolute atomic E-state index is 8.68. The van der Waals surface area contributed by atoms with Gasteiger partial charge >= 0.3 is 0 Å². The first-order valence-electron chi connectivity index (χ1n) is 4.66. The van der Waals surface area contributed by atoms with Crippen LogP contribution in [0.3, 0.4) is 0 Å². The Bertz CT molecular complexity index is 672. The maximum Gasteiger partial charge on any atom is 0.274 e. The minimum Gasteiger partial charge on any atom is -0.342 e. The molecule has 0 aliphatic heterocycles. The predicted molar refractivity (Wildman–Crippen MR) is 54.2 cm³/mol. The second kappa shape index (κ2) is 3.57. The molecule has 0 aromatic carbocycles. The number of hydrogen-bond donors (Lipinski definition) is 2. The molecular weight excluding hydrogens is 222 g/mol. The number of H-pyrrole nitrogens is 2. The Hall–Kier alpha value is -2.95. The molecule has 82 valence electrons. The molecule has 0 unspecified atom stereocenters. The van der Waals surface area contributed by atoms with E-state index in [0.717, 1.165) is 0 Å². The average Bonchev–Trinajstić information content (AvgIpc) is 3.09. The van der Waals surface area contributed by atoms with Gasteiger partial charge in [-0.15, -0.1) is 0 Å². The lowest BCUT2D eigenvalue weighted by Gasteiger charge is -1.85. The molecule has 8 heteroatoms. The number of aromatic amines is 2. The summed E-state index contributed by atoms with van der Waals surface area (Å²) in [5, 5.41) is 18.7. The van der Waals surface area contributed by atoms with Gasteiger partial charge in [-0.25, -0.2) is 4.98 Å². The third-order valence-corrected chi connectivity index (χ3v) is 2.09. The lowest BCUT2D eigenvalue weighted by Crippen LogP contribution is -1.83. The van der Waals surface area contributed by atoms with Crippen molar-refractivity contribution in [3.8, 4) is 29.3 Å². The van der Waals surface area contributed by atoms with Gasteiger partial charge in [0.15, 0.2) is 5.82 Å². The van der Waals surface area contributed by atoms with Crippen LogP contribution in [0.1, 0.15) is 5.69 Å². The summed E-state index contributed by atoms with van der Waals surface area (Å²) in [7, 11) is 0. The second-order valence-corrected chi connectivity index (χ2v) is 3.15. The number of rotatable bonds is 2. The van der Waals surface area contributed by atoms with Crippen molar-refractivity contribution in [2.45, 2.75) is 0 Å². The Labute approximate surface area is 94.3 Å². The van der Waals surface area contributed by atoms with Crippen LogP contribution in [0, 0.1) is 11.3 Å². The number of nitrogens with one attached hydrogen (secondary N) is 2. The minimum atomic E-state index is 0.290. The Balaban J connectivity index is 1.98. The van der Waals surface area contributed by atoms with Gasteiger partial charge in [-0.2, -0.15) is 15.3 Å². The largest absolute Gasteiger partial charge is 0.342 e. The molecule has 0 fully saturated rings. The van der Waals surface area contributed by atoms with Crippen LogP contribution in [0.25, 0.3) is 23.2 Å². The fraction of sp³-hybridized carbons (Fsp3) is 0. The van der Waals surface area contributed by atoms with Gasteiger partial charge in [0, 0.05) is 0 Å². The van der Waals surface area contributed by atoms with Crippen molar-refractivity contribution in [1.82, 2.24) is 30.3 Å². The zero-order valence-corrected chi connectivity index (χ0v) is 8.38. The standard InChI is InChI=1S/C9H5N7O/c10-3-5-1-2-6(13-5)9-14-8(16-17-9)7-11-4-12-15-7/h1-2,4,13H,(H,11,12,15). The Kier molecular flexibility index (Phi) is 1.95. The van der Waals surface area contributed by atoms with Crippen LogP contribution in [0.2, 0.25) is 0 Å². The van der Waals surface area contributed by atoms with Crippen molar-refractivity contribution < 1.29 is 4.52 Å². The quantitative estimate of drug-likeness (QED) is 0.665. The van der Waals surface area contributed by atoms with Crippen LogP contribution in [0.5, 0.6) is 0 Å². The molecule has 0 spiro atoms. The number of nitriles is 1. The second-order valence-electron chi connectivity index (χ2n) is 3.15. The first-order chi connectivity index (χ1) is 8.36. The van der Waals surface area contributed by atoms with Crippen molar-refractivity contribution in [2.75, 3.05) is 0 Å². The van der Waals surface area contributed by atoms with Gasteiger partial charge in [0.25, 0.3) is 5.89 Å². The van der Waals surface area contributed by atoms with E-state index in [1.165, 1.54) is 6.33 Å². The van der Waals surface area contributed by atoms with Crippen molar-refractivity contribution in [3.63, 3.8) is 0 Å². The summed E-state index contributed by atoms with van der Waals surface area (Å²) >= 11 is 0. The molecule has 8 nitrogen and oxygen atoms in total. The van der Waals surface area contributed by atoms with Gasteiger partial charge in [0.2, 0.25) is 5.82 Å². The monoisotopic (exact) mass is 227 g/mol. The molecule has 0 aliphatic carbocycles. The Morgan fingerprint density at radius 1 is 1.35 bits per heavy atom. The van der Waals surface area contributed by atoms with Crippen LogP contribution in [-0.2, 0) is 0 Å². The molecule has 0 saturated heterocycles. The summed E-state index contributed by atoms with van der Waals surface area (Å²) in [4.78, 5) is 10.9. The van der Waals surface area contributed by atoms with Gasteiger partial charge in [0.05, 0.1) is 0 Å². The maximum atomic E-state index is 8.68. The molecule has 0 atom stereocenters. The molecule has 0 radical (unpaired) electrons. The summed E-state index contributed by atoms with van der Waals surface area (Å²) in [6, 6.07) is 5.30. The van der Waals surface area contributed by atoms with E-state index in [-0.39, 0.29) is 5.89 Å². The normalized spacial score (nSPS) is 10.3. The fourth-order valence-electron chi connectivity index (χ4n) is 1.33. The molecule has 0 bridgehead atoms. The summed E-state index contributed by atoms with van der Waals surface area (Å²) < 4.78 is 5.04. The van der Waals surface area contributed by atoms with Crippen molar-refractivity contribution in [3.05, 3.63) is 24.2 Å². The summed E-state index contributed by atoms with van der Waals surface area (Å²) in [5.74, 6) is 1.02. The zero-order chi connectivity index (χ0) is 11.7. The summed E-state index contributed by atoms with van der Waals surface area (Å²) in [6.07, 6.45) is 1.35. The van der Waals surface area contributed by atoms with Crippen molar-refractivity contribution in [1.29, 1.82) is 5.26 Å². The van der Waals surface area contributed by atoms with Gasteiger partial charge < -0.3 is 9.51 Å². The highest BCUT2D eigenvalue weighted by Crippen LogP contribution is 2.18. The third kappa shape index (κ3) is 1.55. The lowest BCUT2D eigenvalue weighted by molar-refractivity contribution is 0.431. The van der Waals surface area contributed by atoms with Gasteiger partial charge in [-0.1, -0.05) is 5.16 Å². The van der Waals surface area contributed by atoms with Crippen LogP contribution in [0.15, 0.2) is 23.0 Å². The molecule has 17 heavy (non-hydrogen) atoms. The van der Waals surface area contributed by atoms with Crippen molar-refractivity contribution in [2.24, 2.45) is 0 Å². The van der Waals surface area contributed by atoms with Crippen LogP contribution in [-0.4, -0.2) is 30.3 Å².